The van der Waals surface area contributed by atoms with Crippen molar-refractivity contribution in [3.8, 4) is 5.19 Å². The van der Waals surface area contributed by atoms with Crippen molar-refractivity contribution in [2.45, 2.75) is 18.9 Å². The standard InChI is InChI=1S/C12H14N4O2S2/c17-11(14-10-2-1-7-19-10)16-5-3-9(4-6-16)18-12-15-13-8-20-12/h1-2,7-9H,3-6H2,(H,14,17). The van der Waals surface area contributed by atoms with Gasteiger partial charge in [0.25, 0.3) is 5.19 Å². The Morgan fingerprint density at radius 2 is 2.25 bits per heavy atom. The lowest BCUT2D eigenvalue weighted by Gasteiger charge is -2.31. The molecule has 0 unspecified atom stereocenters. The Bertz CT molecular complexity index is 536. The minimum absolute atomic E-state index is 0.0400. The highest BCUT2D eigenvalue weighted by Gasteiger charge is 2.24. The quantitative estimate of drug-likeness (QED) is 0.946. The van der Waals surface area contributed by atoms with E-state index in [1.807, 2.05) is 22.4 Å². The monoisotopic (exact) mass is 310 g/mol. The van der Waals surface area contributed by atoms with Gasteiger partial charge in [-0.1, -0.05) is 11.3 Å². The van der Waals surface area contributed by atoms with Gasteiger partial charge < -0.3 is 9.64 Å². The van der Waals surface area contributed by atoms with Crippen LogP contribution in [-0.4, -0.2) is 40.3 Å². The molecule has 3 rings (SSSR count). The average molecular weight is 310 g/mol. The summed E-state index contributed by atoms with van der Waals surface area (Å²) in [4.78, 5) is 13.9. The number of aromatic nitrogens is 2. The number of carbonyl (C=O) groups is 1. The third-order valence-electron chi connectivity index (χ3n) is 3.09. The molecule has 0 bridgehead atoms. The largest absolute Gasteiger partial charge is 0.465 e. The van der Waals surface area contributed by atoms with Gasteiger partial charge in [-0.25, -0.2) is 4.79 Å². The van der Waals surface area contributed by atoms with Gasteiger partial charge in [-0.05, 0) is 17.5 Å². The summed E-state index contributed by atoms with van der Waals surface area (Å²) in [6, 6.07) is 3.78. The molecule has 0 aromatic carbocycles. The summed E-state index contributed by atoms with van der Waals surface area (Å²) in [5.74, 6) is 0. The second kappa shape index (κ2) is 6.19. The first-order valence-electron chi connectivity index (χ1n) is 6.33. The van der Waals surface area contributed by atoms with Crippen LogP contribution in [0.25, 0.3) is 0 Å². The van der Waals surface area contributed by atoms with E-state index in [0.29, 0.717) is 18.3 Å². The number of nitrogens with zero attached hydrogens (tertiary/aromatic N) is 3. The van der Waals surface area contributed by atoms with Gasteiger partial charge in [-0.3, -0.25) is 5.32 Å². The molecule has 0 aliphatic carbocycles. The highest BCUT2D eigenvalue weighted by Crippen LogP contribution is 2.21. The molecule has 6 nitrogen and oxygen atoms in total. The number of likely N-dealkylation sites (tertiary alicyclic amines) is 1. The van der Waals surface area contributed by atoms with Crippen LogP contribution in [0.15, 0.2) is 23.0 Å². The lowest BCUT2D eigenvalue weighted by atomic mass is 10.1. The number of ether oxygens (including phenoxy) is 1. The van der Waals surface area contributed by atoms with Crippen LogP contribution in [0.1, 0.15) is 12.8 Å². The summed E-state index contributed by atoms with van der Waals surface area (Å²) < 4.78 is 5.72. The summed E-state index contributed by atoms with van der Waals surface area (Å²) in [5, 5.41) is 13.9. The maximum Gasteiger partial charge on any atom is 0.322 e. The summed E-state index contributed by atoms with van der Waals surface area (Å²) in [7, 11) is 0. The van der Waals surface area contributed by atoms with Crippen molar-refractivity contribution in [1.29, 1.82) is 0 Å². The molecule has 1 aliphatic heterocycles. The van der Waals surface area contributed by atoms with Crippen LogP contribution in [0, 0.1) is 0 Å². The number of thiophene rings is 1. The van der Waals surface area contributed by atoms with Crippen molar-refractivity contribution < 1.29 is 9.53 Å². The fraction of sp³-hybridized carbons (Fsp3) is 0.417. The van der Waals surface area contributed by atoms with Gasteiger partial charge in [0.15, 0.2) is 0 Å². The van der Waals surface area contributed by atoms with Crippen molar-refractivity contribution in [3.63, 3.8) is 0 Å². The van der Waals surface area contributed by atoms with Crippen LogP contribution in [0.4, 0.5) is 9.80 Å². The lowest BCUT2D eigenvalue weighted by molar-refractivity contribution is 0.114. The summed E-state index contributed by atoms with van der Waals surface area (Å²) >= 11 is 2.91. The van der Waals surface area contributed by atoms with Crippen molar-refractivity contribution in [2.75, 3.05) is 18.4 Å². The number of rotatable bonds is 3. The molecule has 0 saturated carbocycles. The molecule has 1 aliphatic rings. The number of carbonyl (C=O) groups excluding carboxylic acids is 1. The Hall–Kier alpha value is -1.67. The van der Waals surface area contributed by atoms with Gasteiger partial charge in [-0.2, -0.15) is 0 Å². The van der Waals surface area contributed by atoms with Crippen molar-refractivity contribution in [2.24, 2.45) is 0 Å². The molecule has 20 heavy (non-hydrogen) atoms. The Morgan fingerprint density at radius 3 is 2.90 bits per heavy atom. The molecule has 0 radical (unpaired) electrons. The minimum Gasteiger partial charge on any atom is -0.465 e. The molecule has 2 amide bonds. The molecular weight excluding hydrogens is 296 g/mol. The molecule has 1 saturated heterocycles. The SMILES string of the molecule is O=C(Nc1cccs1)N1CCC(Oc2nncs2)CC1. The number of hydrogen-bond donors (Lipinski definition) is 1. The molecular formula is C12H14N4O2S2. The molecule has 8 heteroatoms. The van der Waals surface area contributed by atoms with Gasteiger partial charge in [0.1, 0.15) is 11.6 Å². The number of hydrogen-bond acceptors (Lipinski definition) is 6. The summed E-state index contributed by atoms with van der Waals surface area (Å²) in [6.07, 6.45) is 1.75. The molecule has 1 fully saturated rings. The first-order chi connectivity index (χ1) is 9.81. The van der Waals surface area contributed by atoms with E-state index in [1.165, 1.54) is 22.7 Å². The van der Waals surface area contributed by atoms with E-state index in [-0.39, 0.29) is 12.1 Å². The topological polar surface area (TPSA) is 67.4 Å². The summed E-state index contributed by atoms with van der Waals surface area (Å²) in [6.45, 7) is 1.39. The fourth-order valence-corrected chi connectivity index (χ4v) is 3.15. The lowest BCUT2D eigenvalue weighted by Crippen LogP contribution is -2.43. The predicted octanol–water partition coefficient (Wildman–Crippen LogP) is 2.67. The van der Waals surface area contributed by atoms with Crippen molar-refractivity contribution in [3.05, 3.63) is 23.0 Å². The van der Waals surface area contributed by atoms with Gasteiger partial charge in [0.05, 0.1) is 5.00 Å². The minimum atomic E-state index is -0.0400. The first-order valence-corrected chi connectivity index (χ1v) is 8.09. The molecule has 2 aromatic rings. The van der Waals surface area contributed by atoms with E-state index in [1.54, 1.807) is 5.51 Å². The highest BCUT2D eigenvalue weighted by molar-refractivity contribution is 7.14. The number of nitrogens with one attached hydrogen (secondary N) is 1. The zero-order valence-corrected chi connectivity index (χ0v) is 12.3. The predicted molar refractivity (Wildman–Crippen MR) is 78.5 cm³/mol. The molecule has 3 heterocycles. The second-order valence-corrected chi connectivity index (χ2v) is 6.16. The number of piperidine rings is 1. The van der Waals surface area contributed by atoms with Crippen molar-refractivity contribution in [1.82, 2.24) is 15.1 Å². The van der Waals surface area contributed by atoms with E-state index in [0.717, 1.165) is 17.8 Å². The van der Waals surface area contributed by atoms with Crippen molar-refractivity contribution >= 4 is 33.7 Å². The average Bonchev–Trinajstić information content (AvgIpc) is 3.13. The number of anilines is 1. The maximum atomic E-state index is 12.0. The number of urea groups is 1. The van der Waals surface area contributed by atoms with E-state index in [2.05, 4.69) is 15.5 Å². The first kappa shape index (κ1) is 13.3. The van der Waals surface area contributed by atoms with Crippen LogP contribution < -0.4 is 10.1 Å². The zero-order valence-electron chi connectivity index (χ0n) is 10.7. The van der Waals surface area contributed by atoms with Gasteiger partial charge in [0, 0.05) is 25.9 Å². The van der Waals surface area contributed by atoms with Crippen LogP contribution >= 0.6 is 22.7 Å². The van der Waals surface area contributed by atoms with E-state index >= 15 is 0 Å². The normalized spacial score (nSPS) is 16.1. The molecule has 0 spiro atoms. The van der Waals surface area contributed by atoms with Gasteiger partial charge in [0.2, 0.25) is 0 Å². The second-order valence-electron chi connectivity index (χ2n) is 4.42. The molecule has 106 valence electrons. The maximum absolute atomic E-state index is 12.0. The smallest absolute Gasteiger partial charge is 0.322 e. The van der Waals surface area contributed by atoms with Crippen LogP contribution in [0.5, 0.6) is 5.19 Å². The van der Waals surface area contributed by atoms with Crippen LogP contribution in [0.3, 0.4) is 0 Å². The zero-order chi connectivity index (χ0) is 13.8. The number of amides is 2. The Morgan fingerprint density at radius 1 is 1.40 bits per heavy atom. The Labute approximate surface area is 124 Å². The van der Waals surface area contributed by atoms with Crippen LogP contribution in [-0.2, 0) is 0 Å². The highest BCUT2D eigenvalue weighted by atomic mass is 32.1. The molecule has 2 aromatic heterocycles. The van der Waals surface area contributed by atoms with Crippen LogP contribution in [0.2, 0.25) is 0 Å². The third-order valence-corrected chi connectivity index (χ3v) is 4.45. The van der Waals surface area contributed by atoms with E-state index in [9.17, 15) is 4.79 Å². The van der Waals surface area contributed by atoms with Gasteiger partial charge in [-0.15, -0.1) is 21.5 Å². The fourth-order valence-electron chi connectivity index (χ4n) is 2.07. The van der Waals surface area contributed by atoms with E-state index < -0.39 is 0 Å². The third kappa shape index (κ3) is 3.26. The Balaban J connectivity index is 1.47. The molecule has 1 N–H and O–H groups in total. The summed E-state index contributed by atoms with van der Waals surface area (Å²) in [5.41, 5.74) is 1.65. The van der Waals surface area contributed by atoms with Gasteiger partial charge >= 0.3 is 6.03 Å². The molecule has 0 atom stereocenters. The van der Waals surface area contributed by atoms with E-state index in [4.69, 9.17) is 4.74 Å². The Kier molecular flexibility index (Phi) is 4.12.